The van der Waals surface area contributed by atoms with Gasteiger partial charge in [-0.15, -0.1) is 0 Å². The molecule has 0 radical (unpaired) electrons. The molecule has 0 aliphatic rings. The van der Waals surface area contributed by atoms with Gasteiger partial charge >= 0.3 is 5.97 Å². The quantitative estimate of drug-likeness (QED) is 0.536. The minimum atomic E-state index is -4.19. The van der Waals surface area contributed by atoms with Crippen molar-refractivity contribution in [2.24, 2.45) is 5.92 Å². The van der Waals surface area contributed by atoms with E-state index in [1.807, 2.05) is 13.8 Å². The molecule has 21 heavy (non-hydrogen) atoms. The molecule has 0 aromatic carbocycles. The molecule has 0 saturated carbocycles. The number of carboxylic acids is 1. The summed E-state index contributed by atoms with van der Waals surface area (Å²) in [5.41, 5.74) is -0.489. The first-order chi connectivity index (χ1) is 9.65. The fourth-order valence-electron chi connectivity index (χ4n) is 1.43. The lowest BCUT2D eigenvalue weighted by Crippen LogP contribution is -2.45. The van der Waals surface area contributed by atoms with Crippen LogP contribution < -0.4 is 10.0 Å². The van der Waals surface area contributed by atoms with Gasteiger partial charge in [0.05, 0.1) is 12.2 Å². The van der Waals surface area contributed by atoms with Crippen LogP contribution in [0.15, 0.2) is 11.2 Å². The number of rotatable bonds is 7. The van der Waals surface area contributed by atoms with Crippen LogP contribution in [-0.2, 0) is 14.8 Å². The fourth-order valence-corrected chi connectivity index (χ4v) is 2.73. The van der Waals surface area contributed by atoms with Crippen LogP contribution in [0.25, 0.3) is 0 Å². The van der Waals surface area contributed by atoms with Crippen LogP contribution in [0.5, 0.6) is 0 Å². The average Bonchev–Trinajstić information content (AvgIpc) is 2.85. The van der Waals surface area contributed by atoms with Crippen molar-refractivity contribution >= 4 is 21.9 Å². The van der Waals surface area contributed by atoms with Crippen molar-refractivity contribution in [3.8, 4) is 0 Å². The molecule has 1 amide bonds. The summed E-state index contributed by atoms with van der Waals surface area (Å²) >= 11 is 0. The Morgan fingerprint density at radius 3 is 2.52 bits per heavy atom. The molecular formula is C11H18N4O5S. The maximum atomic E-state index is 12.0. The first kappa shape index (κ1) is 17.1. The molecule has 0 spiro atoms. The Balaban J connectivity index is 2.83. The normalized spacial score (nSPS) is 13.1. The Bertz CT molecular complexity index is 622. The lowest BCUT2D eigenvalue weighted by atomic mass is 10.2. The number of hydrogen-bond donors (Lipinski definition) is 4. The van der Waals surface area contributed by atoms with Gasteiger partial charge in [0.15, 0.2) is 5.03 Å². The third kappa shape index (κ3) is 4.53. The Morgan fingerprint density at radius 1 is 1.38 bits per heavy atom. The maximum Gasteiger partial charge on any atom is 0.340 e. The highest BCUT2D eigenvalue weighted by molar-refractivity contribution is 7.89. The van der Waals surface area contributed by atoms with E-state index in [-0.39, 0.29) is 5.92 Å². The molecule has 1 atom stereocenters. The average molecular weight is 318 g/mol. The van der Waals surface area contributed by atoms with Crippen molar-refractivity contribution in [2.75, 3.05) is 6.54 Å². The Kier molecular flexibility index (Phi) is 5.44. The van der Waals surface area contributed by atoms with Gasteiger partial charge in [-0.25, -0.2) is 13.2 Å². The zero-order chi connectivity index (χ0) is 16.2. The van der Waals surface area contributed by atoms with E-state index in [1.54, 1.807) is 0 Å². The topological polar surface area (TPSA) is 141 Å². The number of hydrogen-bond acceptors (Lipinski definition) is 5. The van der Waals surface area contributed by atoms with Crippen molar-refractivity contribution in [2.45, 2.75) is 31.8 Å². The van der Waals surface area contributed by atoms with E-state index in [1.165, 1.54) is 6.92 Å². The van der Waals surface area contributed by atoms with E-state index >= 15 is 0 Å². The number of nitrogens with one attached hydrogen (secondary N) is 3. The number of aromatic amines is 1. The molecular weight excluding hydrogens is 300 g/mol. The van der Waals surface area contributed by atoms with Gasteiger partial charge in [-0.05, 0) is 12.8 Å². The number of carboxylic acid groups (broad SMARTS) is 1. The molecule has 0 aliphatic carbocycles. The molecule has 118 valence electrons. The van der Waals surface area contributed by atoms with Gasteiger partial charge < -0.3 is 10.4 Å². The van der Waals surface area contributed by atoms with Crippen LogP contribution in [0.3, 0.4) is 0 Å². The Labute approximate surface area is 122 Å². The number of H-pyrrole nitrogens is 1. The fraction of sp³-hybridized carbons (Fsp3) is 0.545. The lowest BCUT2D eigenvalue weighted by Gasteiger charge is -2.15. The highest BCUT2D eigenvalue weighted by Gasteiger charge is 2.28. The lowest BCUT2D eigenvalue weighted by molar-refractivity contribution is -0.122. The second-order valence-corrected chi connectivity index (χ2v) is 6.55. The molecule has 1 aromatic rings. The van der Waals surface area contributed by atoms with Crippen molar-refractivity contribution in [1.29, 1.82) is 0 Å². The van der Waals surface area contributed by atoms with Gasteiger partial charge in [0, 0.05) is 6.54 Å². The van der Waals surface area contributed by atoms with Crippen LogP contribution in [0.2, 0.25) is 0 Å². The summed E-state index contributed by atoms with van der Waals surface area (Å²) in [7, 11) is -4.19. The minimum absolute atomic E-state index is 0.226. The van der Waals surface area contributed by atoms with Crippen molar-refractivity contribution in [3.63, 3.8) is 0 Å². The predicted molar refractivity (Wildman–Crippen MR) is 73.2 cm³/mol. The second-order valence-electron chi connectivity index (χ2n) is 4.90. The summed E-state index contributed by atoms with van der Waals surface area (Å²) in [5, 5.41) is 16.4. The van der Waals surface area contributed by atoms with E-state index < -0.39 is 38.5 Å². The number of carbonyl (C=O) groups excluding carboxylic acids is 1. The number of aromatic carboxylic acids is 1. The second kappa shape index (κ2) is 6.68. The van der Waals surface area contributed by atoms with E-state index in [0.717, 1.165) is 6.20 Å². The van der Waals surface area contributed by atoms with Gasteiger partial charge in [0.25, 0.3) is 10.0 Å². The highest BCUT2D eigenvalue weighted by atomic mass is 32.2. The number of aromatic nitrogens is 2. The first-order valence-electron chi connectivity index (χ1n) is 6.22. The summed E-state index contributed by atoms with van der Waals surface area (Å²) < 4.78 is 26.2. The van der Waals surface area contributed by atoms with Gasteiger partial charge in [-0.2, -0.15) is 9.82 Å². The number of sulfonamides is 1. The van der Waals surface area contributed by atoms with Gasteiger partial charge in [0.1, 0.15) is 5.56 Å². The Hall–Kier alpha value is -1.94. The number of amides is 1. The summed E-state index contributed by atoms with van der Waals surface area (Å²) in [6.07, 6.45) is 0.889. The molecule has 1 heterocycles. The zero-order valence-electron chi connectivity index (χ0n) is 11.9. The predicted octanol–water partition coefficient (Wildman–Crippen LogP) is -0.453. The van der Waals surface area contributed by atoms with E-state index in [4.69, 9.17) is 5.11 Å². The molecule has 0 saturated heterocycles. The van der Waals surface area contributed by atoms with Gasteiger partial charge in [0.2, 0.25) is 5.91 Å². The largest absolute Gasteiger partial charge is 0.478 e. The molecule has 0 bridgehead atoms. The SMILES string of the molecule is CC(C)CNC(=O)C(C)NS(=O)(=O)c1[nH]ncc1C(=O)O. The van der Waals surface area contributed by atoms with Crippen molar-refractivity contribution in [3.05, 3.63) is 11.8 Å². The van der Waals surface area contributed by atoms with Crippen molar-refractivity contribution in [1.82, 2.24) is 20.2 Å². The summed E-state index contributed by atoms with van der Waals surface area (Å²) in [5.74, 6) is -1.70. The molecule has 0 aliphatic heterocycles. The maximum absolute atomic E-state index is 12.0. The number of nitrogens with zero attached hydrogens (tertiary/aromatic N) is 1. The minimum Gasteiger partial charge on any atom is -0.478 e. The van der Waals surface area contributed by atoms with E-state index in [0.29, 0.717) is 6.54 Å². The molecule has 0 fully saturated rings. The molecule has 1 unspecified atom stereocenters. The summed E-state index contributed by atoms with van der Waals surface area (Å²) in [6, 6.07) is -1.04. The summed E-state index contributed by atoms with van der Waals surface area (Å²) in [6.45, 7) is 5.58. The van der Waals surface area contributed by atoms with Gasteiger partial charge in [-0.3, -0.25) is 9.89 Å². The Morgan fingerprint density at radius 2 is 2.00 bits per heavy atom. The molecule has 4 N–H and O–H groups in total. The zero-order valence-corrected chi connectivity index (χ0v) is 12.7. The van der Waals surface area contributed by atoms with Crippen LogP contribution in [0.4, 0.5) is 0 Å². The van der Waals surface area contributed by atoms with Crippen molar-refractivity contribution < 1.29 is 23.1 Å². The third-order valence-electron chi connectivity index (χ3n) is 2.51. The number of carbonyl (C=O) groups is 2. The molecule has 1 rings (SSSR count). The van der Waals surface area contributed by atoms with E-state index in [9.17, 15) is 18.0 Å². The van der Waals surface area contributed by atoms with E-state index in [2.05, 4.69) is 20.2 Å². The monoisotopic (exact) mass is 318 g/mol. The first-order valence-corrected chi connectivity index (χ1v) is 7.70. The third-order valence-corrected chi connectivity index (χ3v) is 4.03. The molecule has 1 aromatic heterocycles. The highest BCUT2D eigenvalue weighted by Crippen LogP contribution is 2.12. The molecule has 9 nitrogen and oxygen atoms in total. The molecule has 10 heteroatoms. The standard InChI is InChI=1S/C11H18N4O5S/c1-6(2)4-12-9(16)7(3)15-21(19,20)10-8(11(17)18)5-13-14-10/h5-7,15H,4H2,1-3H3,(H,12,16)(H,13,14)(H,17,18). The smallest absolute Gasteiger partial charge is 0.340 e. The van der Waals surface area contributed by atoms with Crippen LogP contribution in [0, 0.1) is 5.92 Å². The van der Waals surface area contributed by atoms with Crippen LogP contribution in [-0.4, -0.2) is 48.2 Å². The van der Waals surface area contributed by atoms with Crippen LogP contribution in [0.1, 0.15) is 31.1 Å². The van der Waals surface area contributed by atoms with Gasteiger partial charge in [-0.1, -0.05) is 13.8 Å². The summed E-state index contributed by atoms with van der Waals surface area (Å²) in [4.78, 5) is 22.6. The van der Waals surface area contributed by atoms with Crippen LogP contribution >= 0.6 is 0 Å².